The smallest absolute Gasteiger partial charge is 0.142 e. The fraction of sp³-hybridized carbons (Fsp3) is 0.600. The summed E-state index contributed by atoms with van der Waals surface area (Å²) in [5.41, 5.74) is 7.73. The van der Waals surface area contributed by atoms with Crippen LogP contribution < -0.4 is 5.73 Å². The third kappa shape index (κ3) is 3.01. The maximum absolute atomic E-state index is 14.4. The number of hydrogen-bond acceptors (Lipinski definition) is 2. The van der Waals surface area contributed by atoms with E-state index in [0.717, 1.165) is 18.5 Å². The Labute approximate surface area is 123 Å². The second-order valence-electron chi connectivity index (χ2n) is 5.85. The number of nitrogens with two attached hydrogens (primary N) is 1. The van der Waals surface area contributed by atoms with Crippen LogP contribution in [-0.2, 0) is 0 Å². The van der Waals surface area contributed by atoms with Crippen LogP contribution in [0.5, 0.6) is 0 Å². The molecule has 1 aliphatic heterocycles. The topological polar surface area (TPSA) is 29.3 Å². The average molecular weight is 329 g/mol. The van der Waals surface area contributed by atoms with Crippen molar-refractivity contribution < 1.29 is 4.39 Å². The van der Waals surface area contributed by atoms with E-state index in [2.05, 4.69) is 41.7 Å². The van der Waals surface area contributed by atoms with E-state index in [1.807, 2.05) is 12.1 Å². The monoisotopic (exact) mass is 328 g/mol. The summed E-state index contributed by atoms with van der Waals surface area (Å²) in [5.74, 6) is 0.738. The van der Waals surface area contributed by atoms with Gasteiger partial charge < -0.3 is 5.73 Å². The molecule has 0 amide bonds. The molecule has 106 valence electrons. The zero-order valence-corrected chi connectivity index (χ0v) is 13.4. The zero-order valence-electron chi connectivity index (χ0n) is 11.8. The summed E-state index contributed by atoms with van der Waals surface area (Å²) in [5, 5.41) is 0. The fourth-order valence-electron chi connectivity index (χ4n) is 2.85. The molecule has 1 fully saturated rings. The maximum Gasteiger partial charge on any atom is 0.142 e. The number of hydrogen-bond donors (Lipinski definition) is 1. The van der Waals surface area contributed by atoms with E-state index in [0.29, 0.717) is 22.9 Å². The lowest BCUT2D eigenvalue weighted by molar-refractivity contribution is 0.306. The van der Waals surface area contributed by atoms with Gasteiger partial charge in [0.25, 0.3) is 0 Å². The Hall–Kier alpha value is -0.450. The Morgan fingerprint density at radius 2 is 2.16 bits per heavy atom. The second-order valence-corrected chi connectivity index (χ2v) is 6.71. The molecule has 1 heterocycles. The third-order valence-electron chi connectivity index (χ3n) is 4.07. The molecule has 0 aromatic heterocycles. The van der Waals surface area contributed by atoms with Gasteiger partial charge in [-0.3, -0.25) is 4.90 Å². The van der Waals surface area contributed by atoms with E-state index >= 15 is 0 Å². The van der Waals surface area contributed by atoms with Crippen LogP contribution in [0, 0.1) is 11.7 Å². The first-order valence-electron chi connectivity index (χ1n) is 6.83. The third-order valence-corrected chi connectivity index (χ3v) is 4.65. The van der Waals surface area contributed by atoms with Gasteiger partial charge in [0.15, 0.2) is 0 Å². The van der Waals surface area contributed by atoms with Crippen molar-refractivity contribution in [3.63, 3.8) is 0 Å². The molecule has 2 atom stereocenters. The molecule has 1 aromatic rings. The summed E-state index contributed by atoms with van der Waals surface area (Å²) in [6.45, 7) is 5.88. The van der Waals surface area contributed by atoms with Gasteiger partial charge in [-0.2, -0.15) is 0 Å². The van der Waals surface area contributed by atoms with Crippen LogP contribution in [0.3, 0.4) is 0 Å². The molecule has 2 unspecified atom stereocenters. The lowest BCUT2D eigenvalue weighted by Gasteiger charge is -2.22. The van der Waals surface area contributed by atoms with E-state index in [4.69, 9.17) is 5.73 Å². The molecule has 2 N–H and O–H groups in total. The van der Waals surface area contributed by atoms with Gasteiger partial charge in [0.2, 0.25) is 0 Å². The lowest BCUT2D eigenvalue weighted by Crippen LogP contribution is -2.21. The molecule has 2 rings (SSSR count). The molecule has 4 heteroatoms. The summed E-state index contributed by atoms with van der Waals surface area (Å²) >= 11 is 3.35. The minimum atomic E-state index is -0.126. The predicted octanol–water partition coefficient (Wildman–Crippen LogP) is 3.66. The van der Waals surface area contributed by atoms with Crippen molar-refractivity contribution in [3.8, 4) is 0 Å². The summed E-state index contributed by atoms with van der Waals surface area (Å²) in [4.78, 5) is 2.21. The van der Waals surface area contributed by atoms with Crippen molar-refractivity contribution in [2.75, 3.05) is 20.1 Å². The highest BCUT2D eigenvalue weighted by atomic mass is 79.9. The van der Waals surface area contributed by atoms with Gasteiger partial charge in [0.05, 0.1) is 4.47 Å². The number of likely N-dealkylation sites (tertiary alicyclic amines) is 1. The maximum atomic E-state index is 14.4. The first kappa shape index (κ1) is 14.9. The Kier molecular flexibility index (Phi) is 4.64. The highest BCUT2D eigenvalue weighted by molar-refractivity contribution is 9.10. The highest BCUT2D eigenvalue weighted by Gasteiger charge is 2.32. The van der Waals surface area contributed by atoms with Gasteiger partial charge in [-0.15, -0.1) is 0 Å². The van der Waals surface area contributed by atoms with Crippen LogP contribution in [0.15, 0.2) is 16.6 Å². The molecule has 1 aliphatic rings. The van der Waals surface area contributed by atoms with E-state index in [1.54, 1.807) is 0 Å². The first-order valence-corrected chi connectivity index (χ1v) is 7.62. The second kappa shape index (κ2) is 5.90. The Morgan fingerprint density at radius 3 is 2.68 bits per heavy atom. The van der Waals surface area contributed by atoms with Crippen molar-refractivity contribution >= 4 is 15.9 Å². The van der Waals surface area contributed by atoms with Gasteiger partial charge in [-0.25, -0.2) is 4.39 Å². The van der Waals surface area contributed by atoms with E-state index in [1.165, 1.54) is 5.56 Å². The van der Waals surface area contributed by atoms with Crippen molar-refractivity contribution in [3.05, 3.63) is 33.5 Å². The summed E-state index contributed by atoms with van der Waals surface area (Å²) in [6, 6.07) is 4.05. The van der Waals surface area contributed by atoms with Crippen LogP contribution in [0.2, 0.25) is 0 Å². The van der Waals surface area contributed by atoms with Gasteiger partial charge in [-0.1, -0.05) is 19.9 Å². The van der Waals surface area contributed by atoms with Gasteiger partial charge >= 0.3 is 0 Å². The van der Waals surface area contributed by atoms with Gasteiger partial charge in [-0.05, 0) is 59.4 Å². The average Bonchev–Trinajstić information content (AvgIpc) is 2.73. The zero-order chi connectivity index (χ0) is 14.2. The van der Waals surface area contributed by atoms with Crippen LogP contribution in [0.25, 0.3) is 0 Å². The Bertz CT molecular complexity index is 462. The standard InChI is InChI=1S/C15H22BrFN2/c1-9(2)11-5-12(15(17)13(16)6-11)14-4-10(7-18)8-19(14)3/h5-6,9-10,14H,4,7-8,18H2,1-3H3. The SMILES string of the molecule is CC(C)c1cc(Br)c(F)c(C2CC(CN)CN2C)c1. The molecular formula is C15H22BrFN2. The summed E-state index contributed by atoms with van der Waals surface area (Å²) in [6.07, 6.45) is 0.942. The first-order chi connectivity index (χ1) is 8.93. The van der Waals surface area contributed by atoms with Crippen molar-refractivity contribution in [1.82, 2.24) is 4.90 Å². The van der Waals surface area contributed by atoms with E-state index in [9.17, 15) is 4.39 Å². The summed E-state index contributed by atoms with van der Waals surface area (Å²) in [7, 11) is 2.05. The van der Waals surface area contributed by atoms with E-state index in [-0.39, 0.29) is 11.9 Å². The quantitative estimate of drug-likeness (QED) is 0.917. The largest absolute Gasteiger partial charge is 0.330 e. The molecular weight excluding hydrogens is 307 g/mol. The van der Waals surface area contributed by atoms with Crippen LogP contribution in [0.1, 0.15) is 43.4 Å². The van der Waals surface area contributed by atoms with Gasteiger partial charge in [0.1, 0.15) is 5.82 Å². The Balaban J connectivity index is 2.39. The molecule has 19 heavy (non-hydrogen) atoms. The van der Waals surface area contributed by atoms with Crippen molar-refractivity contribution in [1.29, 1.82) is 0 Å². The molecule has 1 aromatic carbocycles. The minimum Gasteiger partial charge on any atom is -0.330 e. The number of rotatable bonds is 3. The molecule has 2 nitrogen and oxygen atoms in total. The Morgan fingerprint density at radius 1 is 1.47 bits per heavy atom. The molecule has 0 aliphatic carbocycles. The van der Waals surface area contributed by atoms with Crippen LogP contribution in [-0.4, -0.2) is 25.0 Å². The molecule has 0 radical (unpaired) electrons. The minimum absolute atomic E-state index is 0.126. The van der Waals surface area contributed by atoms with Crippen molar-refractivity contribution in [2.45, 2.75) is 32.2 Å². The number of halogens is 2. The highest BCUT2D eigenvalue weighted by Crippen LogP contribution is 2.38. The van der Waals surface area contributed by atoms with Crippen LogP contribution in [0.4, 0.5) is 4.39 Å². The van der Waals surface area contributed by atoms with Gasteiger partial charge in [0, 0.05) is 18.2 Å². The van der Waals surface area contributed by atoms with Crippen molar-refractivity contribution in [2.24, 2.45) is 11.7 Å². The predicted molar refractivity (Wildman–Crippen MR) is 80.7 cm³/mol. The number of nitrogens with zero attached hydrogens (tertiary/aromatic N) is 1. The van der Waals surface area contributed by atoms with Crippen LogP contribution >= 0.6 is 15.9 Å². The number of benzene rings is 1. The molecule has 0 saturated carbocycles. The fourth-order valence-corrected chi connectivity index (χ4v) is 3.34. The molecule has 1 saturated heterocycles. The van der Waals surface area contributed by atoms with E-state index < -0.39 is 0 Å². The normalized spacial score (nSPS) is 24.4. The molecule has 0 spiro atoms. The molecule has 0 bridgehead atoms. The lowest BCUT2D eigenvalue weighted by atomic mass is 9.94. The summed E-state index contributed by atoms with van der Waals surface area (Å²) < 4.78 is 15.0.